The van der Waals surface area contributed by atoms with E-state index in [1.807, 2.05) is 55.5 Å². The van der Waals surface area contributed by atoms with Gasteiger partial charge in [-0.2, -0.15) is 0 Å². The summed E-state index contributed by atoms with van der Waals surface area (Å²) >= 11 is 0. The molecule has 1 aromatic heterocycles. The average Bonchev–Trinajstić information content (AvgIpc) is 3.10. The van der Waals surface area contributed by atoms with Gasteiger partial charge >= 0.3 is 0 Å². The van der Waals surface area contributed by atoms with Crippen molar-refractivity contribution in [1.29, 1.82) is 0 Å². The van der Waals surface area contributed by atoms with Crippen molar-refractivity contribution in [2.24, 2.45) is 7.05 Å². The maximum absolute atomic E-state index is 13.1. The first kappa shape index (κ1) is 20.6. The Hall–Kier alpha value is -4.32. The lowest BCUT2D eigenvalue weighted by Gasteiger charge is -2.14. The van der Waals surface area contributed by atoms with Crippen LogP contribution in [0.15, 0.2) is 83.2 Å². The Kier molecular flexibility index (Phi) is 4.98. The van der Waals surface area contributed by atoms with Gasteiger partial charge in [0.2, 0.25) is 5.91 Å². The van der Waals surface area contributed by atoms with Gasteiger partial charge in [-0.1, -0.05) is 54.1 Å². The zero-order chi connectivity index (χ0) is 23.1. The molecule has 5 rings (SSSR count). The van der Waals surface area contributed by atoms with Gasteiger partial charge in [-0.15, -0.1) is 0 Å². The normalized spacial score (nSPS) is 15.1. The second kappa shape index (κ2) is 7.98. The van der Waals surface area contributed by atoms with Crippen LogP contribution < -0.4 is 10.5 Å². The summed E-state index contributed by atoms with van der Waals surface area (Å²) in [5.41, 5.74) is 3.91. The number of fused-ring (bicyclic) bond motifs is 1. The molecular weight excluding hydrogens is 414 g/mol. The van der Waals surface area contributed by atoms with Crippen molar-refractivity contribution in [2.75, 3.05) is 4.90 Å². The van der Waals surface area contributed by atoms with E-state index >= 15 is 0 Å². The van der Waals surface area contributed by atoms with E-state index in [0.717, 1.165) is 11.1 Å². The molecule has 6 heteroatoms. The zero-order valence-corrected chi connectivity index (χ0v) is 18.3. The van der Waals surface area contributed by atoms with Crippen LogP contribution >= 0.6 is 0 Å². The monoisotopic (exact) mass is 435 g/mol. The second-order valence-electron chi connectivity index (χ2n) is 8.12. The minimum atomic E-state index is -0.334. The predicted octanol–water partition coefficient (Wildman–Crippen LogP) is 4.26. The zero-order valence-electron chi connectivity index (χ0n) is 18.3. The van der Waals surface area contributed by atoms with Crippen molar-refractivity contribution in [3.05, 3.63) is 99.9 Å². The number of aromatic nitrogens is 2. The van der Waals surface area contributed by atoms with Crippen LogP contribution in [0, 0.1) is 6.92 Å². The molecule has 4 aromatic rings. The van der Waals surface area contributed by atoms with Crippen LogP contribution in [0.5, 0.6) is 0 Å². The molecule has 0 unspecified atom stereocenters. The number of imide groups is 1. The lowest BCUT2D eigenvalue weighted by atomic mass is 10.0. The Morgan fingerprint density at radius 2 is 1.58 bits per heavy atom. The number of amides is 2. The van der Waals surface area contributed by atoms with E-state index in [0.29, 0.717) is 33.6 Å². The molecule has 0 aliphatic carbocycles. The van der Waals surface area contributed by atoms with Crippen molar-refractivity contribution in [3.63, 3.8) is 0 Å². The molecule has 0 N–H and O–H groups in total. The highest BCUT2D eigenvalue weighted by atomic mass is 16.2. The van der Waals surface area contributed by atoms with E-state index in [4.69, 9.17) is 4.98 Å². The molecule has 0 saturated carbocycles. The van der Waals surface area contributed by atoms with E-state index in [2.05, 4.69) is 0 Å². The topological polar surface area (TPSA) is 72.3 Å². The number of hydrogen-bond donors (Lipinski definition) is 0. The Bertz CT molecular complexity index is 1510. The lowest BCUT2D eigenvalue weighted by molar-refractivity contribution is -0.120. The first-order chi connectivity index (χ1) is 15.9. The average molecular weight is 435 g/mol. The highest BCUT2D eigenvalue weighted by molar-refractivity contribution is 6.29. The summed E-state index contributed by atoms with van der Waals surface area (Å²) in [6.07, 6.45) is 1.75. The van der Waals surface area contributed by atoms with Gasteiger partial charge in [-0.05, 0) is 42.8 Å². The fourth-order valence-corrected chi connectivity index (χ4v) is 4.12. The molecule has 0 bridgehead atoms. The number of aryl methyl sites for hydroxylation is 1. The third-order valence-corrected chi connectivity index (χ3v) is 5.88. The number of benzene rings is 3. The molecule has 1 aliphatic rings. The Labute approximate surface area is 190 Å². The van der Waals surface area contributed by atoms with E-state index < -0.39 is 0 Å². The van der Waals surface area contributed by atoms with Gasteiger partial charge in [0.15, 0.2) is 0 Å². The Morgan fingerprint density at radius 1 is 0.879 bits per heavy atom. The van der Waals surface area contributed by atoms with E-state index in [-0.39, 0.29) is 23.8 Å². The quantitative estimate of drug-likeness (QED) is 0.356. The van der Waals surface area contributed by atoms with Crippen LogP contribution in [0.25, 0.3) is 28.4 Å². The first-order valence-corrected chi connectivity index (χ1v) is 10.6. The Morgan fingerprint density at radius 3 is 2.36 bits per heavy atom. The van der Waals surface area contributed by atoms with E-state index in [1.54, 1.807) is 37.4 Å². The number of carbonyl (C=O) groups excluding carboxylic acids is 2. The first-order valence-electron chi connectivity index (χ1n) is 10.6. The van der Waals surface area contributed by atoms with Gasteiger partial charge in [0, 0.05) is 18.2 Å². The van der Waals surface area contributed by atoms with Gasteiger partial charge in [0.25, 0.3) is 11.5 Å². The van der Waals surface area contributed by atoms with Gasteiger partial charge in [-0.25, -0.2) is 9.88 Å². The summed E-state index contributed by atoms with van der Waals surface area (Å²) in [5, 5.41) is 0.546. The van der Waals surface area contributed by atoms with Crippen LogP contribution in [0.3, 0.4) is 0 Å². The molecular formula is C27H21N3O3. The molecule has 6 nitrogen and oxygen atoms in total. The van der Waals surface area contributed by atoms with Crippen molar-refractivity contribution in [3.8, 4) is 11.4 Å². The highest BCUT2D eigenvalue weighted by Crippen LogP contribution is 2.30. The van der Waals surface area contributed by atoms with Crippen LogP contribution in [-0.4, -0.2) is 21.4 Å². The van der Waals surface area contributed by atoms with Crippen LogP contribution in [-0.2, 0) is 16.6 Å². The number of rotatable bonds is 3. The van der Waals surface area contributed by atoms with Crippen LogP contribution in [0.2, 0.25) is 0 Å². The summed E-state index contributed by atoms with van der Waals surface area (Å²) in [6.45, 7) is 1.95. The molecule has 1 saturated heterocycles. The summed E-state index contributed by atoms with van der Waals surface area (Å²) in [4.78, 5) is 44.6. The number of carbonyl (C=O) groups is 2. The van der Waals surface area contributed by atoms with Gasteiger partial charge in [0.1, 0.15) is 5.82 Å². The van der Waals surface area contributed by atoms with Crippen LogP contribution in [0.1, 0.15) is 17.5 Å². The molecule has 0 radical (unpaired) electrons. The summed E-state index contributed by atoms with van der Waals surface area (Å²) in [6, 6.07) is 21.9. The number of hydrogen-bond acceptors (Lipinski definition) is 4. The minimum absolute atomic E-state index is 0.0190. The number of anilines is 1. The minimum Gasteiger partial charge on any atom is -0.295 e. The molecule has 33 heavy (non-hydrogen) atoms. The molecule has 0 atom stereocenters. The molecule has 162 valence electrons. The largest absolute Gasteiger partial charge is 0.295 e. The smallest absolute Gasteiger partial charge is 0.261 e. The fourth-order valence-electron chi connectivity index (χ4n) is 4.12. The van der Waals surface area contributed by atoms with Crippen LogP contribution in [0.4, 0.5) is 5.69 Å². The molecule has 1 fully saturated rings. The van der Waals surface area contributed by atoms with Crippen molar-refractivity contribution >= 4 is 34.5 Å². The van der Waals surface area contributed by atoms with Gasteiger partial charge < -0.3 is 0 Å². The summed E-state index contributed by atoms with van der Waals surface area (Å²) < 4.78 is 1.51. The molecule has 3 aromatic carbocycles. The molecule has 0 spiro atoms. The summed E-state index contributed by atoms with van der Waals surface area (Å²) in [7, 11) is 1.68. The second-order valence-corrected chi connectivity index (χ2v) is 8.12. The standard InChI is InChI=1S/C27H21N3O3/c1-17-11-13-20(14-12-17)30-24(31)16-19(26(30)32)15-18-7-3-4-8-21(18)25-28-23-10-6-5-9-22(23)27(33)29(25)2/h3-15H,16H2,1-2H3/b19-15+. The maximum atomic E-state index is 13.1. The third-order valence-electron chi connectivity index (χ3n) is 5.88. The maximum Gasteiger partial charge on any atom is 0.261 e. The number of nitrogens with zero attached hydrogens (tertiary/aromatic N) is 3. The van der Waals surface area contributed by atoms with Crippen molar-refractivity contribution in [1.82, 2.24) is 9.55 Å². The van der Waals surface area contributed by atoms with Crippen molar-refractivity contribution < 1.29 is 9.59 Å². The lowest BCUT2D eigenvalue weighted by Crippen LogP contribution is -2.28. The molecule has 2 heterocycles. The van der Waals surface area contributed by atoms with E-state index in [9.17, 15) is 14.4 Å². The fraction of sp³-hybridized carbons (Fsp3) is 0.111. The Balaban J connectivity index is 1.60. The SMILES string of the molecule is Cc1ccc(N2C(=O)C/C(=C\c3ccccc3-c3nc4ccccc4c(=O)n3C)C2=O)cc1. The summed E-state index contributed by atoms with van der Waals surface area (Å²) in [5.74, 6) is -0.0962. The molecule has 2 amide bonds. The van der Waals surface area contributed by atoms with Gasteiger partial charge in [0.05, 0.1) is 23.0 Å². The number of para-hydroxylation sites is 1. The highest BCUT2D eigenvalue weighted by Gasteiger charge is 2.35. The predicted molar refractivity (Wildman–Crippen MR) is 129 cm³/mol. The van der Waals surface area contributed by atoms with E-state index in [1.165, 1.54) is 9.47 Å². The third kappa shape index (κ3) is 3.55. The van der Waals surface area contributed by atoms with Gasteiger partial charge in [-0.3, -0.25) is 19.0 Å². The molecule has 1 aliphatic heterocycles. The van der Waals surface area contributed by atoms with Crippen molar-refractivity contribution in [2.45, 2.75) is 13.3 Å².